The van der Waals surface area contributed by atoms with Crippen LogP contribution in [0.5, 0.6) is 11.6 Å². The lowest BCUT2D eigenvalue weighted by molar-refractivity contribution is 0.112. The van der Waals surface area contributed by atoms with Gasteiger partial charge in [0.25, 0.3) is 0 Å². The Balaban J connectivity index is 1.26. The number of aryl methyl sites for hydroxylation is 3. The van der Waals surface area contributed by atoms with E-state index in [1.165, 1.54) is 5.56 Å². The summed E-state index contributed by atoms with van der Waals surface area (Å²) in [4.78, 5) is 23.9. The number of aldehydes is 1. The van der Waals surface area contributed by atoms with Gasteiger partial charge < -0.3 is 10.1 Å². The number of carbonyl (C=O) groups excluding carboxylic acids is 1. The zero-order valence-electron chi connectivity index (χ0n) is 20.6. The van der Waals surface area contributed by atoms with Gasteiger partial charge in [-0.15, -0.1) is 11.8 Å². The van der Waals surface area contributed by atoms with E-state index in [2.05, 4.69) is 16.3 Å². The van der Waals surface area contributed by atoms with Crippen LogP contribution in [-0.4, -0.2) is 46.0 Å². The Labute approximate surface area is 215 Å². The van der Waals surface area contributed by atoms with Gasteiger partial charge in [0.1, 0.15) is 12.0 Å². The van der Waals surface area contributed by atoms with Crippen molar-refractivity contribution in [2.75, 3.05) is 24.2 Å². The Kier molecular flexibility index (Phi) is 7.21. The molecule has 0 amide bonds. The maximum atomic E-state index is 10.9. The molecule has 0 atom stereocenters. The van der Waals surface area contributed by atoms with E-state index < -0.39 is 0 Å². The van der Waals surface area contributed by atoms with Crippen LogP contribution in [0.1, 0.15) is 51.1 Å². The molecule has 0 saturated carbocycles. The van der Waals surface area contributed by atoms with E-state index in [1.807, 2.05) is 50.2 Å². The summed E-state index contributed by atoms with van der Waals surface area (Å²) in [6.07, 6.45) is 3.79. The van der Waals surface area contributed by atoms with Crippen LogP contribution >= 0.6 is 11.8 Å². The molecule has 0 radical (unpaired) electrons. The number of aromatic nitrogens is 2. The smallest absolute Gasteiger partial charge is 0.238 e. The molecule has 184 valence electrons. The molecule has 36 heavy (non-hydrogen) atoms. The normalized spacial score (nSPS) is 15.8. The van der Waals surface area contributed by atoms with Gasteiger partial charge in [-0.3, -0.25) is 9.69 Å². The number of rotatable bonds is 7. The summed E-state index contributed by atoms with van der Waals surface area (Å²) in [5.74, 6) is 2.94. The van der Waals surface area contributed by atoms with Gasteiger partial charge in [0.2, 0.25) is 11.8 Å². The molecule has 3 heterocycles. The van der Waals surface area contributed by atoms with Gasteiger partial charge in [0.15, 0.2) is 0 Å². The highest BCUT2D eigenvalue weighted by Crippen LogP contribution is 2.41. The van der Waals surface area contributed by atoms with Gasteiger partial charge in [-0.25, -0.2) is 4.98 Å². The first-order chi connectivity index (χ1) is 17.5. The van der Waals surface area contributed by atoms with E-state index in [-0.39, 0.29) is 0 Å². The average molecular weight is 500 g/mol. The van der Waals surface area contributed by atoms with Crippen molar-refractivity contribution >= 4 is 24.0 Å². The van der Waals surface area contributed by atoms with E-state index in [1.54, 1.807) is 11.8 Å². The molecule has 2 aromatic carbocycles. The van der Waals surface area contributed by atoms with Gasteiger partial charge in [-0.1, -0.05) is 24.3 Å². The SMILES string of the molecule is Cc1cc(C#N)cc(C)c1Oc1nc(NC2CCN(Cc3ccc(C=O)cc3)CC2)nc2c1SCC2. The van der Waals surface area contributed by atoms with Gasteiger partial charge in [-0.05, 0) is 55.5 Å². The van der Waals surface area contributed by atoms with Crippen molar-refractivity contribution in [3.63, 3.8) is 0 Å². The van der Waals surface area contributed by atoms with Crippen molar-refractivity contribution in [2.24, 2.45) is 0 Å². The molecule has 1 aromatic heterocycles. The van der Waals surface area contributed by atoms with Gasteiger partial charge >= 0.3 is 0 Å². The van der Waals surface area contributed by atoms with E-state index in [0.717, 1.165) is 78.4 Å². The lowest BCUT2D eigenvalue weighted by Gasteiger charge is -2.32. The number of nitriles is 1. The third kappa shape index (κ3) is 5.38. The predicted octanol–water partition coefficient (Wildman–Crippen LogP) is 5.29. The zero-order valence-corrected chi connectivity index (χ0v) is 21.4. The van der Waals surface area contributed by atoms with Crippen molar-refractivity contribution in [1.29, 1.82) is 5.26 Å². The highest BCUT2D eigenvalue weighted by atomic mass is 32.2. The highest BCUT2D eigenvalue weighted by Gasteiger charge is 2.25. The van der Waals surface area contributed by atoms with Gasteiger partial charge in [0.05, 0.1) is 22.2 Å². The molecule has 7 nitrogen and oxygen atoms in total. The quantitative estimate of drug-likeness (QED) is 0.438. The van der Waals surface area contributed by atoms with Crippen LogP contribution < -0.4 is 10.1 Å². The number of ether oxygens (including phenoxy) is 1. The number of carbonyl (C=O) groups is 1. The number of nitrogens with zero attached hydrogens (tertiary/aromatic N) is 4. The van der Waals surface area contributed by atoms with Crippen molar-refractivity contribution in [1.82, 2.24) is 14.9 Å². The minimum absolute atomic E-state index is 0.303. The maximum Gasteiger partial charge on any atom is 0.238 e. The molecule has 1 N–H and O–H groups in total. The summed E-state index contributed by atoms with van der Waals surface area (Å²) < 4.78 is 6.36. The third-order valence-corrected chi connectivity index (χ3v) is 7.83. The first-order valence-corrected chi connectivity index (χ1v) is 13.3. The number of benzene rings is 2. The molecule has 1 fully saturated rings. The number of anilines is 1. The Morgan fingerprint density at radius 3 is 2.56 bits per heavy atom. The number of nitrogens with one attached hydrogen (secondary N) is 1. The van der Waals surface area contributed by atoms with Crippen LogP contribution in [0, 0.1) is 25.2 Å². The van der Waals surface area contributed by atoms with Gasteiger partial charge in [-0.2, -0.15) is 10.2 Å². The predicted molar refractivity (Wildman–Crippen MR) is 141 cm³/mol. The second kappa shape index (κ2) is 10.7. The first-order valence-electron chi connectivity index (χ1n) is 12.3. The average Bonchev–Trinajstić information content (AvgIpc) is 3.36. The zero-order chi connectivity index (χ0) is 25.1. The molecule has 3 aromatic rings. The van der Waals surface area contributed by atoms with Crippen LogP contribution in [0.4, 0.5) is 5.95 Å². The number of piperidine rings is 1. The molecule has 1 saturated heterocycles. The second-order valence-electron chi connectivity index (χ2n) is 9.43. The Bertz CT molecular complexity index is 1290. The summed E-state index contributed by atoms with van der Waals surface area (Å²) in [5, 5.41) is 12.8. The number of fused-ring (bicyclic) bond motifs is 1. The molecule has 0 spiro atoms. The fourth-order valence-corrected chi connectivity index (χ4v) is 5.85. The number of hydrogen-bond acceptors (Lipinski definition) is 8. The lowest BCUT2D eigenvalue weighted by atomic mass is 10.0. The number of thioether (sulfide) groups is 1. The Morgan fingerprint density at radius 2 is 1.89 bits per heavy atom. The molecule has 2 aliphatic heterocycles. The summed E-state index contributed by atoms with van der Waals surface area (Å²) in [6, 6.07) is 14.0. The molecule has 2 aliphatic rings. The van der Waals surface area contributed by atoms with Crippen molar-refractivity contribution in [3.05, 3.63) is 69.9 Å². The second-order valence-corrected chi connectivity index (χ2v) is 10.5. The minimum atomic E-state index is 0.303. The maximum absolute atomic E-state index is 10.9. The van der Waals surface area contributed by atoms with Crippen LogP contribution in [0.25, 0.3) is 0 Å². The minimum Gasteiger partial charge on any atom is -0.437 e. The van der Waals surface area contributed by atoms with E-state index in [4.69, 9.17) is 14.7 Å². The Morgan fingerprint density at radius 1 is 1.17 bits per heavy atom. The molecule has 0 bridgehead atoms. The number of hydrogen-bond donors (Lipinski definition) is 1. The first kappa shape index (κ1) is 24.3. The van der Waals surface area contributed by atoms with Crippen LogP contribution in [0.3, 0.4) is 0 Å². The molecular weight excluding hydrogens is 470 g/mol. The molecular formula is C28H29N5O2S. The largest absolute Gasteiger partial charge is 0.437 e. The topological polar surface area (TPSA) is 91.1 Å². The standard InChI is InChI=1S/C28H29N5O2S/c1-18-13-22(15-29)14-19(2)25(18)35-27-26-24(9-12-36-26)31-28(32-27)30-23-7-10-33(11-8-23)16-20-3-5-21(17-34)6-4-20/h3-6,13-14,17,23H,7-12,16H2,1-2H3,(H,30,31,32). The van der Waals surface area contributed by atoms with Crippen LogP contribution in [0.2, 0.25) is 0 Å². The van der Waals surface area contributed by atoms with Crippen molar-refractivity contribution in [2.45, 2.75) is 50.6 Å². The summed E-state index contributed by atoms with van der Waals surface area (Å²) in [6.45, 7) is 6.78. The van der Waals surface area contributed by atoms with Crippen LogP contribution in [-0.2, 0) is 13.0 Å². The molecule has 0 unspecified atom stereocenters. The van der Waals surface area contributed by atoms with Gasteiger partial charge in [0, 0.05) is 43.4 Å². The molecule has 8 heteroatoms. The molecule has 5 rings (SSSR count). The van der Waals surface area contributed by atoms with E-state index in [0.29, 0.717) is 29.0 Å². The summed E-state index contributed by atoms with van der Waals surface area (Å²) in [5.41, 5.74) is 5.44. The fourth-order valence-electron chi connectivity index (χ4n) is 4.82. The monoisotopic (exact) mass is 499 g/mol. The van der Waals surface area contributed by atoms with Crippen molar-refractivity contribution in [3.8, 4) is 17.7 Å². The van der Waals surface area contributed by atoms with Crippen molar-refractivity contribution < 1.29 is 9.53 Å². The molecule has 0 aliphatic carbocycles. The van der Waals surface area contributed by atoms with E-state index in [9.17, 15) is 10.1 Å². The lowest BCUT2D eigenvalue weighted by Crippen LogP contribution is -2.39. The Hall–Kier alpha value is -3.41. The van der Waals surface area contributed by atoms with Crippen LogP contribution in [0.15, 0.2) is 41.3 Å². The highest BCUT2D eigenvalue weighted by molar-refractivity contribution is 7.99. The number of likely N-dealkylation sites (tertiary alicyclic amines) is 1. The fraction of sp³-hybridized carbons (Fsp3) is 0.357. The summed E-state index contributed by atoms with van der Waals surface area (Å²) >= 11 is 1.74. The third-order valence-electron chi connectivity index (χ3n) is 6.72. The van der Waals surface area contributed by atoms with E-state index >= 15 is 0 Å². The summed E-state index contributed by atoms with van der Waals surface area (Å²) in [7, 11) is 0.